The topological polar surface area (TPSA) is 107 Å². The van der Waals surface area contributed by atoms with Crippen molar-refractivity contribution in [3.8, 4) is 0 Å². The molecule has 0 radical (unpaired) electrons. The van der Waals surface area contributed by atoms with E-state index in [0.29, 0.717) is 6.54 Å². The first kappa shape index (κ1) is 14.0. The fourth-order valence-corrected chi connectivity index (χ4v) is 1.43. The van der Waals surface area contributed by atoms with Crippen LogP contribution in [-0.4, -0.2) is 33.8 Å². The minimum atomic E-state index is -0.903. The summed E-state index contributed by atoms with van der Waals surface area (Å²) in [4.78, 5) is 22.4. The summed E-state index contributed by atoms with van der Waals surface area (Å²) in [5.74, 6) is -1.51. The van der Waals surface area contributed by atoms with Crippen LogP contribution in [0.3, 0.4) is 0 Å². The highest BCUT2D eigenvalue weighted by molar-refractivity contribution is 5.75. The molecule has 0 bridgehead atoms. The fourth-order valence-electron chi connectivity index (χ4n) is 1.43. The molecule has 7 heteroatoms. The van der Waals surface area contributed by atoms with Gasteiger partial charge in [-0.3, -0.25) is 9.89 Å². The summed E-state index contributed by atoms with van der Waals surface area (Å²) in [5, 5.41) is 20.5. The number of aromatic nitrogens is 2. The number of carboxylic acid groups (broad SMARTS) is 1. The van der Waals surface area contributed by atoms with Gasteiger partial charge < -0.3 is 15.7 Å². The maximum absolute atomic E-state index is 11.4. The van der Waals surface area contributed by atoms with Crippen molar-refractivity contribution < 1.29 is 14.7 Å². The molecular formula is C11H18N4O3. The quantitative estimate of drug-likeness (QED) is 0.595. The van der Waals surface area contributed by atoms with Gasteiger partial charge in [0.15, 0.2) is 0 Å². The maximum Gasteiger partial charge on any atom is 0.315 e. The minimum Gasteiger partial charge on any atom is -0.481 e. The first-order chi connectivity index (χ1) is 8.50. The van der Waals surface area contributed by atoms with E-state index in [1.54, 1.807) is 12.4 Å². The average molecular weight is 254 g/mol. The lowest BCUT2D eigenvalue weighted by Gasteiger charge is -2.16. The molecular weight excluding hydrogens is 236 g/mol. The number of hydrogen-bond acceptors (Lipinski definition) is 3. The normalized spacial score (nSPS) is 12.2. The Hall–Kier alpha value is -2.05. The molecule has 2 amide bonds. The first-order valence-electron chi connectivity index (χ1n) is 5.73. The average Bonchev–Trinajstić information content (AvgIpc) is 2.78. The summed E-state index contributed by atoms with van der Waals surface area (Å²) in [6.07, 6.45) is 3.28. The number of nitrogens with zero attached hydrogens (tertiary/aromatic N) is 1. The molecule has 1 atom stereocenters. The number of urea groups is 1. The van der Waals surface area contributed by atoms with Crippen molar-refractivity contribution in [3.63, 3.8) is 0 Å². The second-order valence-electron chi connectivity index (χ2n) is 4.36. The number of H-pyrrole nitrogens is 1. The van der Waals surface area contributed by atoms with E-state index >= 15 is 0 Å². The molecule has 0 aliphatic rings. The molecule has 1 heterocycles. The first-order valence-corrected chi connectivity index (χ1v) is 5.73. The molecule has 0 aliphatic heterocycles. The van der Waals surface area contributed by atoms with Crippen LogP contribution in [0.1, 0.15) is 19.4 Å². The van der Waals surface area contributed by atoms with Crippen LogP contribution in [0, 0.1) is 11.8 Å². The third-order valence-corrected chi connectivity index (χ3v) is 2.61. The standard InChI is InChI=1S/C11H18N4O3/c1-7(2)9(10(16)17)6-13-11(18)12-3-8-4-14-15-5-8/h4-5,7,9H,3,6H2,1-2H3,(H,14,15)(H,16,17)(H2,12,13,18). The van der Waals surface area contributed by atoms with Crippen LogP contribution in [0.2, 0.25) is 0 Å². The number of amides is 2. The van der Waals surface area contributed by atoms with Crippen LogP contribution in [0.5, 0.6) is 0 Å². The summed E-state index contributed by atoms with van der Waals surface area (Å²) in [6.45, 7) is 4.08. The molecule has 100 valence electrons. The second kappa shape index (κ2) is 6.63. The molecule has 1 rings (SSSR count). The number of aromatic amines is 1. The van der Waals surface area contributed by atoms with Crippen molar-refractivity contribution in [2.24, 2.45) is 11.8 Å². The number of hydrogen-bond donors (Lipinski definition) is 4. The molecule has 0 saturated heterocycles. The van der Waals surface area contributed by atoms with Gasteiger partial charge in [0.05, 0.1) is 12.1 Å². The van der Waals surface area contributed by atoms with Crippen LogP contribution in [0.4, 0.5) is 4.79 Å². The van der Waals surface area contributed by atoms with Gasteiger partial charge >= 0.3 is 12.0 Å². The SMILES string of the molecule is CC(C)C(CNC(=O)NCc1cn[nH]c1)C(=O)O. The van der Waals surface area contributed by atoms with Crippen molar-refractivity contribution in [1.29, 1.82) is 0 Å². The van der Waals surface area contributed by atoms with Crippen LogP contribution in [-0.2, 0) is 11.3 Å². The molecule has 1 aromatic heterocycles. The van der Waals surface area contributed by atoms with Gasteiger partial charge in [-0.2, -0.15) is 5.10 Å². The smallest absolute Gasteiger partial charge is 0.315 e. The van der Waals surface area contributed by atoms with Crippen molar-refractivity contribution in [3.05, 3.63) is 18.0 Å². The number of aliphatic carboxylic acids is 1. The minimum absolute atomic E-state index is 0.0309. The van der Waals surface area contributed by atoms with Crippen molar-refractivity contribution in [1.82, 2.24) is 20.8 Å². The van der Waals surface area contributed by atoms with Crippen LogP contribution in [0.15, 0.2) is 12.4 Å². The molecule has 0 fully saturated rings. The van der Waals surface area contributed by atoms with Gasteiger partial charge in [0.1, 0.15) is 0 Å². The second-order valence-corrected chi connectivity index (χ2v) is 4.36. The summed E-state index contributed by atoms with van der Waals surface area (Å²) in [6, 6.07) is -0.386. The van der Waals surface area contributed by atoms with E-state index in [1.807, 2.05) is 13.8 Å². The number of carbonyl (C=O) groups is 2. The molecule has 0 saturated carbocycles. The van der Waals surface area contributed by atoms with Gasteiger partial charge in [0, 0.05) is 24.8 Å². The number of nitrogens with one attached hydrogen (secondary N) is 3. The summed E-state index contributed by atoms with van der Waals surface area (Å²) in [5.41, 5.74) is 0.851. The van der Waals surface area contributed by atoms with Crippen LogP contribution in [0.25, 0.3) is 0 Å². The van der Waals surface area contributed by atoms with E-state index in [4.69, 9.17) is 5.11 Å². The van der Waals surface area contributed by atoms with Gasteiger partial charge in [-0.15, -0.1) is 0 Å². The summed E-state index contributed by atoms with van der Waals surface area (Å²) >= 11 is 0. The van der Waals surface area contributed by atoms with E-state index in [-0.39, 0.29) is 18.5 Å². The van der Waals surface area contributed by atoms with E-state index in [0.717, 1.165) is 5.56 Å². The van der Waals surface area contributed by atoms with E-state index < -0.39 is 11.9 Å². The number of carboxylic acids is 1. The van der Waals surface area contributed by atoms with Gasteiger partial charge in [-0.25, -0.2) is 4.79 Å². The van der Waals surface area contributed by atoms with Crippen molar-refractivity contribution in [2.75, 3.05) is 6.54 Å². The van der Waals surface area contributed by atoms with E-state index in [9.17, 15) is 9.59 Å². The lowest BCUT2D eigenvalue weighted by Crippen LogP contribution is -2.40. The zero-order chi connectivity index (χ0) is 13.5. The molecule has 4 N–H and O–H groups in total. The molecule has 7 nitrogen and oxygen atoms in total. The van der Waals surface area contributed by atoms with Gasteiger partial charge in [0.2, 0.25) is 0 Å². The third kappa shape index (κ3) is 4.44. The molecule has 18 heavy (non-hydrogen) atoms. The Labute approximate surface area is 105 Å². The zero-order valence-corrected chi connectivity index (χ0v) is 10.4. The number of rotatable bonds is 6. The third-order valence-electron chi connectivity index (χ3n) is 2.61. The fraction of sp³-hybridized carbons (Fsp3) is 0.545. The molecule has 1 unspecified atom stereocenters. The molecule has 0 aromatic carbocycles. The summed E-state index contributed by atoms with van der Waals surface area (Å²) in [7, 11) is 0. The lowest BCUT2D eigenvalue weighted by atomic mass is 9.96. The highest BCUT2D eigenvalue weighted by atomic mass is 16.4. The predicted octanol–water partition coefficient (Wildman–Crippen LogP) is 0.566. The molecule has 0 spiro atoms. The summed E-state index contributed by atoms with van der Waals surface area (Å²) < 4.78 is 0. The lowest BCUT2D eigenvalue weighted by molar-refractivity contribution is -0.142. The Morgan fingerprint density at radius 3 is 2.67 bits per heavy atom. The Morgan fingerprint density at radius 2 is 2.17 bits per heavy atom. The molecule has 1 aromatic rings. The highest BCUT2D eigenvalue weighted by Gasteiger charge is 2.21. The molecule has 0 aliphatic carbocycles. The zero-order valence-electron chi connectivity index (χ0n) is 10.4. The monoisotopic (exact) mass is 254 g/mol. The largest absolute Gasteiger partial charge is 0.481 e. The Bertz CT molecular complexity index is 389. The Balaban J connectivity index is 2.29. The maximum atomic E-state index is 11.4. The van der Waals surface area contributed by atoms with Gasteiger partial charge in [-0.1, -0.05) is 13.8 Å². The Morgan fingerprint density at radius 1 is 1.44 bits per heavy atom. The van der Waals surface area contributed by atoms with Crippen molar-refractivity contribution >= 4 is 12.0 Å². The van der Waals surface area contributed by atoms with Crippen LogP contribution < -0.4 is 10.6 Å². The van der Waals surface area contributed by atoms with Gasteiger partial charge in [0.25, 0.3) is 0 Å². The predicted molar refractivity (Wildman–Crippen MR) is 64.8 cm³/mol. The van der Waals surface area contributed by atoms with Gasteiger partial charge in [-0.05, 0) is 5.92 Å². The number of carbonyl (C=O) groups excluding carboxylic acids is 1. The van der Waals surface area contributed by atoms with E-state index in [1.165, 1.54) is 0 Å². The highest BCUT2D eigenvalue weighted by Crippen LogP contribution is 2.09. The Kier molecular flexibility index (Phi) is 5.16. The van der Waals surface area contributed by atoms with Crippen molar-refractivity contribution in [2.45, 2.75) is 20.4 Å². The van der Waals surface area contributed by atoms with E-state index in [2.05, 4.69) is 20.8 Å². The van der Waals surface area contributed by atoms with Crippen LogP contribution >= 0.6 is 0 Å².